The molecule has 0 N–H and O–H groups in total. The maximum absolute atomic E-state index is 12.9. The van der Waals surface area contributed by atoms with Crippen LogP contribution >= 0.6 is 50.7 Å². The van der Waals surface area contributed by atoms with Gasteiger partial charge in [0, 0.05) is 4.47 Å². The number of esters is 1. The second-order valence-electron chi connectivity index (χ2n) is 7.06. The van der Waals surface area contributed by atoms with Crippen molar-refractivity contribution in [2.45, 2.75) is 49.2 Å². The molecule has 2 nitrogen and oxygen atoms in total. The Morgan fingerprint density at radius 1 is 1.38 bits per heavy atom. The summed E-state index contributed by atoms with van der Waals surface area (Å²) in [6.07, 6.45) is 4.28. The Morgan fingerprint density at radius 3 is 2.54 bits per heavy atom. The molecule has 0 aromatic heterocycles. The molecule has 1 fully saturated rings. The van der Waals surface area contributed by atoms with E-state index in [0.29, 0.717) is 5.92 Å². The molecule has 6 heteroatoms. The van der Waals surface area contributed by atoms with E-state index in [1.165, 1.54) is 6.42 Å². The molecular weight excluding hydrogens is 434 g/mol. The van der Waals surface area contributed by atoms with Crippen LogP contribution in [0.25, 0.3) is 0 Å². The van der Waals surface area contributed by atoms with Crippen LogP contribution in [0.15, 0.2) is 28.7 Å². The monoisotopic (exact) mass is 454 g/mol. The molecule has 0 radical (unpaired) electrons. The van der Waals surface area contributed by atoms with Crippen molar-refractivity contribution in [2.75, 3.05) is 6.61 Å². The fourth-order valence-electron chi connectivity index (χ4n) is 3.83. The summed E-state index contributed by atoms with van der Waals surface area (Å²) in [4.78, 5) is 12.9. The molecule has 134 valence electrons. The molecular formula is C18H22BrCl3O2. The van der Waals surface area contributed by atoms with E-state index in [1.807, 2.05) is 24.3 Å². The lowest BCUT2D eigenvalue weighted by molar-refractivity contribution is -0.149. The standard InChI is InChI=1S/C18H22BrCl3O2/c1-12-4-3-9-17(2,10-12)15(13-5-7-14(19)8-6-13)16(23)24-11-18(20,21)22/h5-8,12,15H,3-4,9-11H2,1-2H3/t12?,15-,17-/m1/s1. The molecule has 24 heavy (non-hydrogen) atoms. The summed E-state index contributed by atoms with van der Waals surface area (Å²) >= 11 is 20.7. The number of halogens is 4. The van der Waals surface area contributed by atoms with Gasteiger partial charge in [-0.1, -0.05) is 89.6 Å². The molecule has 1 aliphatic carbocycles. The number of rotatable bonds is 4. The number of hydrogen-bond donors (Lipinski definition) is 0. The number of carbonyl (C=O) groups is 1. The van der Waals surface area contributed by atoms with Gasteiger partial charge in [-0.3, -0.25) is 4.79 Å². The van der Waals surface area contributed by atoms with Crippen LogP contribution in [0, 0.1) is 11.3 Å². The molecule has 1 unspecified atom stereocenters. The van der Waals surface area contributed by atoms with Crippen molar-refractivity contribution < 1.29 is 9.53 Å². The molecule has 2 rings (SSSR count). The number of ether oxygens (including phenoxy) is 1. The Morgan fingerprint density at radius 2 is 2.00 bits per heavy atom. The van der Waals surface area contributed by atoms with Gasteiger partial charge in [-0.25, -0.2) is 0 Å². The first-order chi connectivity index (χ1) is 11.1. The van der Waals surface area contributed by atoms with E-state index in [4.69, 9.17) is 39.5 Å². The van der Waals surface area contributed by atoms with Crippen molar-refractivity contribution in [1.82, 2.24) is 0 Å². The lowest BCUT2D eigenvalue weighted by atomic mass is 9.62. The lowest BCUT2D eigenvalue weighted by Gasteiger charge is -2.42. The van der Waals surface area contributed by atoms with E-state index in [0.717, 1.165) is 29.3 Å². The van der Waals surface area contributed by atoms with Crippen molar-refractivity contribution in [3.63, 3.8) is 0 Å². The maximum Gasteiger partial charge on any atom is 0.314 e. The molecule has 0 spiro atoms. The molecule has 0 bridgehead atoms. The molecule has 1 saturated carbocycles. The van der Waals surface area contributed by atoms with Crippen LogP contribution in [-0.4, -0.2) is 16.4 Å². The Labute approximate surface area is 167 Å². The van der Waals surface area contributed by atoms with Gasteiger partial charge in [0.25, 0.3) is 0 Å². The van der Waals surface area contributed by atoms with Crippen LogP contribution in [0.3, 0.4) is 0 Å². The highest BCUT2D eigenvalue weighted by molar-refractivity contribution is 9.10. The van der Waals surface area contributed by atoms with Gasteiger partial charge in [0.1, 0.15) is 6.61 Å². The number of carbonyl (C=O) groups excluding carboxylic acids is 1. The van der Waals surface area contributed by atoms with Crippen molar-refractivity contribution >= 4 is 56.7 Å². The molecule has 0 amide bonds. The van der Waals surface area contributed by atoms with Gasteiger partial charge in [-0.15, -0.1) is 0 Å². The smallest absolute Gasteiger partial charge is 0.314 e. The zero-order valence-electron chi connectivity index (χ0n) is 13.8. The maximum atomic E-state index is 12.9. The Hall–Kier alpha value is 0.0400. The normalized spacial score (nSPS) is 26.0. The third-order valence-corrected chi connectivity index (χ3v) is 5.63. The molecule has 1 aromatic carbocycles. The number of benzene rings is 1. The lowest BCUT2D eigenvalue weighted by Crippen LogP contribution is -2.37. The molecule has 0 saturated heterocycles. The molecule has 1 aromatic rings. The van der Waals surface area contributed by atoms with Crippen LogP contribution in [-0.2, 0) is 9.53 Å². The molecule has 0 heterocycles. The van der Waals surface area contributed by atoms with Crippen molar-refractivity contribution in [2.24, 2.45) is 11.3 Å². The molecule has 3 atom stereocenters. The summed E-state index contributed by atoms with van der Waals surface area (Å²) in [7, 11) is 0. The fourth-order valence-corrected chi connectivity index (χ4v) is 4.26. The SMILES string of the molecule is CC1CCC[C@@](C)([C@@H](C(=O)OCC(Cl)(Cl)Cl)c2ccc(Br)cc2)C1. The Kier molecular flexibility index (Phi) is 6.92. The third kappa shape index (κ3) is 5.52. The minimum absolute atomic E-state index is 0.157. The first-order valence-corrected chi connectivity index (χ1v) is 10.0. The summed E-state index contributed by atoms with van der Waals surface area (Å²) in [5.74, 6) is -0.0939. The van der Waals surface area contributed by atoms with E-state index >= 15 is 0 Å². The van der Waals surface area contributed by atoms with Crippen LogP contribution in [0.5, 0.6) is 0 Å². The van der Waals surface area contributed by atoms with E-state index in [9.17, 15) is 4.79 Å². The van der Waals surface area contributed by atoms with Gasteiger partial charge in [0.05, 0.1) is 5.92 Å². The highest BCUT2D eigenvalue weighted by atomic mass is 79.9. The van der Waals surface area contributed by atoms with Gasteiger partial charge in [0.2, 0.25) is 3.79 Å². The number of hydrogen-bond acceptors (Lipinski definition) is 2. The average molecular weight is 457 g/mol. The first-order valence-electron chi connectivity index (χ1n) is 8.09. The van der Waals surface area contributed by atoms with Gasteiger partial charge in [-0.05, 0) is 41.9 Å². The summed E-state index contributed by atoms with van der Waals surface area (Å²) in [6, 6.07) is 7.83. The van der Waals surface area contributed by atoms with Crippen LogP contribution in [0.2, 0.25) is 0 Å². The average Bonchev–Trinajstić information content (AvgIpc) is 2.46. The van der Waals surface area contributed by atoms with Crippen molar-refractivity contribution in [3.05, 3.63) is 34.3 Å². The largest absolute Gasteiger partial charge is 0.461 e. The van der Waals surface area contributed by atoms with E-state index in [2.05, 4.69) is 29.8 Å². The summed E-state index contributed by atoms with van der Waals surface area (Å²) in [5, 5.41) is 0. The highest BCUT2D eigenvalue weighted by Crippen LogP contribution is 2.49. The number of alkyl halides is 3. The zero-order chi connectivity index (χ0) is 18.0. The zero-order valence-corrected chi connectivity index (χ0v) is 17.7. The van der Waals surface area contributed by atoms with Gasteiger partial charge >= 0.3 is 5.97 Å². The van der Waals surface area contributed by atoms with Gasteiger partial charge < -0.3 is 4.74 Å². The van der Waals surface area contributed by atoms with Crippen LogP contribution in [0.1, 0.15) is 51.0 Å². The molecule has 1 aliphatic rings. The van der Waals surface area contributed by atoms with Crippen LogP contribution in [0.4, 0.5) is 0 Å². The summed E-state index contributed by atoms with van der Waals surface area (Å²) in [5.41, 5.74) is 0.792. The predicted molar refractivity (Wildman–Crippen MR) is 104 cm³/mol. The summed E-state index contributed by atoms with van der Waals surface area (Å²) < 4.78 is 4.74. The van der Waals surface area contributed by atoms with Crippen LogP contribution < -0.4 is 0 Å². The second-order valence-corrected chi connectivity index (χ2v) is 10.5. The van der Waals surface area contributed by atoms with Crippen molar-refractivity contribution in [1.29, 1.82) is 0 Å². The predicted octanol–water partition coefficient (Wildman–Crippen LogP) is 6.66. The molecule has 0 aliphatic heterocycles. The fraction of sp³-hybridized carbons (Fsp3) is 0.611. The second kappa shape index (κ2) is 8.16. The van der Waals surface area contributed by atoms with Gasteiger partial charge in [-0.2, -0.15) is 0 Å². The first kappa shape index (κ1) is 20.4. The summed E-state index contributed by atoms with van der Waals surface area (Å²) in [6.45, 7) is 4.17. The van der Waals surface area contributed by atoms with Crippen molar-refractivity contribution in [3.8, 4) is 0 Å². The van der Waals surface area contributed by atoms with Gasteiger partial charge in [0.15, 0.2) is 0 Å². The minimum atomic E-state index is -1.60. The Bertz CT molecular complexity index is 571. The highest BCUT2D eigenvalue weighted by Gasteiger charge is 2.44. The quantitative estimate of drug-likeness (QED) is 0.374. The minimum Gasteiger partial charge on any atom is -0.461 e. The Balaban J connectivity index is 2.30. The topological polar surface area (TPSA) is 26.3 Å². The van der Waals surface area contributed by atoms with E-state index in [1.54, 1.807) is 0 Å². The third-order valence-electron chi connectivity index (χ3n) is 4.77. The van der Waals surface area contributed by atoms with E-state index in [-0.39, 0.29) is 23.9 Å². The van der Waals surface area contributed by atoms with E-state index < -0.39 is 3.79 Å².